The number of nitrogens with zero attached hydrogens (tertiary/aromatic N) is 4. The van der Waals surface area contributed by atoms with Crippen molar-refractivity contribution in [2.75, 3.05) is 9.80 Å². The number of rotatable bonds is 15. The number of benzene rings is 6. The smallest absolute Gasteiger partial charge is 0.333 e. The number of anilines is 4. The minimum atomic E-state index is -0.413. The molecule has 0 saturated heterocycles. The first kappa shape index (κ1) is 45.8. The first-order valence-corrected chi connectivity index (χ1v) is 23.5. The molecule has 1 aliphatic carbocycles. The van der Waals surface area contributed by atoms with Crippen LogP contribution in [0.15, 0.2) is 212 Å². The van der Waals surface area contributed by atoms with E-state index in [-0.39, 0.29) is 18.7 Å². The SMILES string of the molecule is C=C(C)C(=O)OCc1ccc(CN(c2ccccc2)c2sc(C(=C3C=CC(=[N+](c4ccccc4)C(C)C)C=C3)c3ccc(N(c4ccccc4)C(C)C)cc3)c(-c3ccccc3)c2C#N)cc1. The molecule has 0 atom stereocenters. The highest BCUT2D eigenvalue weighted by molar-refractivity contribution is 7.18. The Morgan fingerprint density at radius 1 is 0.687 bits per heavy atom. The summed E-state index contributed by atoms with van der Waals surface area (Å²) >= 11 is 1.65. The van der Waals surface area contributed by atoms with Crippen molar-refractivity contribution in [1.82, 2.24) is 0 Å². The van der Waals surface area contributed by atoms with Gasteiger partial charge in [0, 0.05) is 75.5 Å². The number of thiophene rings is 1. The van der Waals surface area contributed by atoms with Crippen LogP contribution in [0.4, 0.5) is 27.8 Å². The van der Waals surface area contributed by atoms with Crippen LogP contribution in [0.5, 0.6) is 0 Å². The van der Waals surface area contributed by atoms with Gasteiger partial charge in [0.05, 0.1) is 5.56 Å². The van der Waals surface area contributed by atoms with Crippen molar-refractivity contribution >= 4 is 56.3 Å². The molecule has 0 radical (unpaired) electrons. The molecule has 0 amide bonds. The zero-order valence-corrected chi connectivity index (χ0v) is 39.6. The van der Waals surface area contributed by atoms with Crippen molar-refractivity contribution in [3.05, 3.63) is 239 Å². The van der Waals surface area contributed by atoms with Gasteiger partial charge in [-0.15, -0.1) is 11.3 Å². The lowest BCUT2D eigenvalue weighted by molar-refractivity contribution is -0.474. The monoisotopic (exact) mass is 895 g/mol. The normalized spacial score (nSPS) is 12.0. The molecule has 0 fully saturated rings. The summed E-state index contributed by atoms with van der Waals surface area (Å²) in [6.07, 6.45) is 8.89. The van der Waals surface area contributed by atoms with Crippen LogP contribution in [0.3, 0.4) is 0 Å². The minimum Gasteiger partial charge on any atom is -0.457 e. The van der Waals surface area contributed by atoms with Crippen LogP contribution in [-0.4, -0.2) is 28.3 Å². The number of ether oxygens (including phenoxy) is 1. The number of nitriles is 1. The summed E-state index contributed by atoms with van der Waals surface area (Å²) in [4.78, 5) is 17.8. The number of carbonyl (C=O) groups excluding carboxylic acids is 1. The first-order chi connectivity index (χ1) is 32.6. The molecule has 6 nitrogen and oxygen atoms in total. The highest BCUT2D eigenvalue weighted by atomic mass is 32.1. The molecule has 1 aliphatic rings. The van der Waals surface area contributed by atoms with E-state index >= 15 is 0 Å². The summed E-state index contributed by atoms with van der Waals surface area (Å²) in [6.45, 7) is 14.9. The standard InChI is InChI=1S/C60H55N4O2S/c1-42(2)60(65)66-41-46-29-27-45(28-30-46)40-62(50-21-13-8-14-22-50)59-55(39-61)57(47-19-11-7-12-20-47)58(67-59)56(48-31-35-53(36-32-48)63(43(3)4)51-23-15-9-16-24-51)49-33-37-54(38-34-49)64(44(5)6)52-25-17-10-18-26-52/h7-38,43-44H,1,40-41H2,2-6H3/q+1. The lowest BCUT2D eigenvalue weighted by Gasteiger charge is -2.29. The molecule has 0 aliphatic heterocycles. The van der Waals surface area contributed by atoms with Gasteiger partial charge in [0.25, 0.3) is 0 Å². The number of hydrogen-bond donors (Lipinski definition) is 0. The van der Waals surface area contributed by atoms with E-state index in [2.05, 4.69) is 200 Å². The third kappa shape index (κ3) is 10.4. The van der Waals surface area contributed by atoms with Crippen LogP contribution >= 0.6 is 11.3 Å². The molecule has 0 saturated carbocycles. The van der Waals surface area contributed by atoms with Crippen molar-refractivity contribution < 1.29 is 14.1 Å². The quantitative estimate of drug-likeness (QED) is 0.0583. The summed E-state index contributed by atoms with van der Waals surface area (Å²) in [7, 11) is 0. The highest BCUT2D eigenvalue weighted by Gasteiger charge is 2.29. The molecular weight excluding hydrogens is 841 g/mol. The number of hydrogen-bond acceptors (Lipinski definition) is 6. The van der Waals surface area contributed by atoms with Crippen LogP contribution < -0.4 is 9.80 Å². The van der Waals surface area contributed by atoms with E-state index in [0.717, 1.165) is 77.3 Å². The molecule has 8 rings (SSSR count). The average Bonchev–Trinajstić information content (AvgIpc) is 3.73. The summed E-state index contributed by atoms with van der Waals surface area (Å²) < 4.78 is 7.79. The van der Waals surface area contributed by atoms with Crippen LogP contribution in [-0.2, 0) is 22.7 Å². The molecule has 1 heterocycles. The highest BCUT2D eigenvalue weighted by Crippen LogP contribution is 2.50. The molecule has 1 aromatic heterocycles. The number of esters is 1. The second kappa shape index (κ2) is 21.0. The predicted molar refractivity (Wildman–Crippen MR) is 279 cm³/mol. The van der Waals surface area contributed by atoms with Crippen molar-refractivity contribution in [3.8, 4) is 17.2 Å². The Balaban J connectivity index is 1.32. The van der Waals surface area contributed by atoms with Crippen LogP contribution in [0, 0.1) is 11.3 Å². The molecule has 7 aromatic rings. The van der Waals surface area contributed by atoms with Crippen LogP contribution in [0.2, 0.25) is 0 Å². The van der Waals surface area contributed by atoms with Crippen molar-refractivity contribution in [2.45, 2.75) is 59.9 Å². The fourth-order valence-electron chi connectivity index (χ4n) is 8.53. The van der Waals surface area contributed by atoms with Gasteiger partial charge in [-0.25, -0.2) is 4.79 Å². The topological polar surface area (TPSA) is 59.6 Å². The second-order valence-electron chi connectivity index (χ2n) is 17.1. The third-order valence-electron chi connectivity index (χ3n) is 11.7. The van der Waals surface area contributed by atoms with E-state index in [1.54, 1.807) is 18.3 Å². The summed E-state index contributed by atoms with van der Waals surface area (Å²) in [5.41, 5.74) is 13.3. The van der Waals surface area contributed by atoms with Gasteiger partial charge in [0.15, 0.2) is 6.04 Å². The molecular formula is C60H55N4O2S+. The Bertz CT molecular complexity index is 2990. The van der Waals surface area contributed by atoms with E-state index in [4.69, 9.17) is 4.74 Å². The average molecular weight is 896 g/mol. The third-order valence-corrected chi connectivity index (χ3v) is 12.9. The van der Waals surface area contributed by atoms with Gasteiger partial charge in [0.2, 0.25) is 11.4 Å². The zero-order valence-electron chi connectivity index (χ0n) is 38.8. The Hall–Kier alpha value is -7.79. The lowest BCUT2D eigenvalue weighted by Crippen LogP contribution is -2.25. The molecule has 7 heteroatoms. The van der Waals surface area contributed by atoms with Gasteiger partial charge >= 0.3 is 5.97 Å². The minimum absolute atomic E-state index is 0.158. The van der Waals surface area contributed by atoms with E-state index in [1.165, 1.54) is 0 Å². The van der Waals surface area contributed by atoms with Crippen molar-refractivity contribution in [3.63, 3.8) is 0 Å². The van der Waals surface area contributed by atoms with E-state index in [9.17, 15) is 10.1 Å². The van der Waals surface area contributed by atoms with Gasteiger partial charge in [-0.1, -0.05) is 128 Å². The maximum Gasteiger partial charge on any atom is 0.333 e. The summed E-state index contributed by atoms with van der Waals surface area (Å²) in [6, 6.07) is 61.8. The Labute approximate surface area is 399 Å². The number of allylic oxidation sites excluding steroid dienone is 5. The number of para-hydroxylation sites is 3. The second-order valence-corrected chi connectivity index (χ2v) is 18.1. The molecule has 0 bridgehead atoms. The largest absolute Gasteiger partial charge is 0.457 e. The van der Waals surface area contributed by atoms with Crippen LogP contribution in [0.1, 0.15) is 61.7 Å². The fraction of sp³-hybridized carbons (Fsp3) is 0.150. The Kier molecular flexibility index (Phi) is 14.4. The summed E-state index contributed by atoms with van der Waals surface area (Å²) in [5, 5.41) is 12.3. The Morgan fingerprint density at radius 2 is 1.22 bits per heavy atom. The van der Waals surface area contributed by atoms with Gasteiger partial charge in [-0.2, -0.15) is 9.84 Å². The molecule has 0 unspecified atom stereocenters. The van der Waals surface area contributed by atoms with E-state index < -0.39 is 5.97 Å². The zero-order chi connectivity index (χ0) is 46.9. The maximum atomic E-state index is 12.1. The molecule has 67 heavy (non-hydrogen) atoms. The predicted octanol–water partition coefficient (Wildman–Crippen LogP) is 14.9. The Morgan fingerprint density at radius 3 is 1.78 bits per heavy atom. The molecule has 332 valence electrons. The summed E-state index contributed by atoms with van der Waals surface area (Å²) in [5.74, 6) is -0.413. The lowest BCUT2D eigenvalue weighted by atomic mass is 9.90. The van der Waals surface area contributed by atoms with Crippen molar-refractivity contribution in [2.24, 2.45) is 0 Å². The van der Waals surface area contributed by atoms with Crippen molar-refractivity contribution in [1.29, 1.82) is 5.26 Å². The first-order valence-electron chi connectivity index (χ1n) is 22.7. The van der Waals surface area contributed by atoms with E-state index in [0.29, 0.717) is 17.7 Å². The van der Waals surface area contributed by atoms with Gasteiger partial charge in [-0.05, 0) is 111 Å². The maximum absolute atomic E-state index is 12.1. The fourth-order valence-corrected chi connectivity index (χ4v) is 9.91. The number of carbonyl (C=O) groups is 1. The van der Waals surface area contributed by atoms with Crippen LogP contribution in [0.25, 0.3) is 16.7 Å². The van der Waals surface area contributed by atoms with Gasteiger partial charge < -0.3 is 14.5 Å². The molecule has 0 spiro atoms. The molecule has 0 N–H and O–H groups in total. The molecule has 6 aromatic carbocycles. The van der Waals surface area contributed by atoms with E-state index in [1.807, 2.05) is 48.5 Å². The van der Waals surface area contributed by atoms with Gasteiger partial charge in [-0.3, -0.25) is 0 Å². The van der Waals surface area contributed by atoms with Gasteiger partial charge in [0.1, 0.15) is 17.7 Å².